The Labute approximate surface area is 152 Å². The summed E-state index contributed by atoms with van der Waals surface area (Å²) in [5.41, 5.74) is 4.00. The van der Waals surface area contributed by atoms with Gasteiger partial charge in [0.1, 0.15) is 0 Å². The van der Waals surface area contributed by atoms with Crippen molar-refractivity contribution in [3.05, 3.63) is 66.4 Å². The number of aromatic nitrogens is 1. The van der Waals surface area contributed by atoms with Gasteiger partial charge in [-0.2, -0.15) is 0 Å². The van der Waals surface area contributed by atoms with Crippen molar-refractivity contribution in [2.24, 2.45) is 5.92 Å². The van der Waals surface area contributed by atoms with Crippen molar-refractivity contribution in [3.63, 3.8) is 0 Å². The molecule has 3 aromatic rings. The fourth-order valence-electron chi connectivity index (χ4n) is 4.41. The summed E-state index contributed by atoms with van der Waals surface area (Å²) < 4.78 is 0. The molecule has 0 amide bonds. The fraction of sp³-hybridized carbons (Fsp3) is 0.375. The molecule has 0 saturated heterocycles. The molecule has 25 heavy (non-hydrogen) atoms. The molecule has 1 atom stereocenters. The van der Waals surface area contributed by atoms with Gasteiger partial charge in [-0.1, -0.05) is 89.1 Å². The summed E-state index contributed by atoms with van der Waals surface area (Å²) in [7, 11) is 0. The molecule has 0 aliphatic heterocycles. The van der Waals surface area contributed by atoms with E-state index < -0.39 is 0 Å². The lowest BCUT2D eigenvalue weighted by Crippen LogP contribution is -2.31. The van der Waals surface area contributed by atoms with Crippen LogP contribution in [-0.2, 0) is 5.41 Å². The highest BCUT2D eigenvalue weighted by atomic mass is 14.7. The Morgan fingerprint density at radius 2 is 1.56 bits per heavy atom. The van der Waals surface area contributed by atoms with Gasteiger partial charge in [0.25, 0.3) is 0 Å². The van der Waals surface area contributed by atoms with Crippen LogP contribution in [-0.4, -0.2) is 4.98 Å². The molecule has 0 saturated carbocycles. The Hall–Kier alpha value is -2.15. The molecule has 1 nitrogen and oxygen atoms in total. The Morgan fingerprint density at radius 3 is 2.28 bits per heavy atom. The minimum atomic E-state index is 0.165. The van der Waals surface area contributed by atoms with Crippen molar-refractivity contribution in [3.8, 4) is 11.3 Å². The van der Waals surface area contributed by atoms with Crippen LogP contribution in [0.1, 0.15) is 52.5 Å². The molecule has 1 heterocycles. The zero-order chi connectivity index (χ0) is 17.9. The van der Waals surface area contributed by atoms with Crippen LogP contribution < -0.4 is 0 Å². The highest BCUT2D eigenvalue weighted by molar-refractivity contribution is 5.95. The monoisotopic (exact) mass is 331 g/mol. The van der Waals surface area contributed by atoms with Crippen LogP contribution in [0.5, 0.6) is 0 Å². The van der Waals surface area contributed by atoms with Gasteiger partial charge in [0.2, 0.25) is 0 Å². The van der Waals surface area contributed by atoms with Gasteiger partial charge >= 0.3 is 0 Å². The summed E-state index contributed by atoms with van der Waals surface area (Å²) in [6, 6.07) is 19.6. The van der Waals surface area contributed by atoms with E-state index in [4.69, 9.17) is 4.98 Å². The van der Waals surface area contributed by atoms with Crippen LogP contribution in [0.4, 0.5) is 0 Å². The first-order valence-corrected chi connectivity index (χ1v) is 9.59. The first kappa shape index (κ1) is 17.7. The van der Waals surface area contributed by atoms with Crippen molar-refractivity contribution in [2.45, 2.75) is 52.4 Å². The van der Waals surface area contributed by atoms with Gasteiger partial charge in [-0.25, -0.2) is 0 Å². The standard InChI is InChI=1S/C24H29N/c1-5-19(6-2)24(4,7-3)22-15-11-10-14-21(22)23-20-13-9-8-12-18(20)16-17-25-23/h8-17,19H,5-7H2,1-4H3. The Morgan fingerprint density at radius 1 is 0.880 bits per heavy atom. The summed E-state index contributed by atoms with van der Waals surface area (Å²) in [6.45, 7) is 9.40. The predicted molar refractivity (Wildman–Crippen MR) is 109 cm³/mol. The zero-order valence-electron chi connectivity index (χ0n) is 15.9. The van der Waals surface area contributed by atoms with E-state index in [1.165, 1.54) is 34.7 Å². The molecular formula is C24H29N. The van der Waals surface area contributed by atoms with Gasteiger partial charge in [0.05, 0.1) is 5.69 Å². The van der Waals surface area contributed by atoms with Crippen LogP contribution in [0.3, 0.4) is 0 Å². The number of benzene rings is 2. The molecule has 1 heteroatoms. The first-order valence-electron chi connectivity index (χ1n) is 9.59. The van der Waals surface area contributed by atoms with Crippen LogP contribution in [0.2, 0.25) is 0 Å². The van der Waals surface area contributed by atoms with E-state index in [2.05, 4.69) is 82.3 Å². The number of hydrogen-bond donors (Lipinski definition) is 0. The lowest BCUT2D eigenvalue weighted by atomic mass is 9.66. The van der Waals surface area contributed by atoms with Gasteiger partial charge in [-0.3, -0.25) is 4.98 Å². The molecule has 0 fully saturated rings. The van der Waals surface area contributed by atoms with Crippen LogP contribution in [0, 0.1) is 5.92 Å². The highest BCUT2D eigenvalue weighted by Gasteiger charge is 2.34. The Kier molecular flexibility index (Phi) is 5.22. The van der Waals surface area contributed by atoms with Gasteiger partial charge < -0.3 is 0 Å². The normalized spacial score (nSPS) is 14.0. The van der Waals surface area contributed by atoms with Crippen LogP contribution in [0.15, 0.2) is 60.8 Å². The van der Waals surface area contributed by atoms with Gasteiger partial charge in [-0.15, -0.1) is 0 Å². The number of nitrogens with zero attached hydrogens (tertiary/aromatic N) is 1. The van der Waals surface area contributed by atoms with Crippen molar-refractivity contribution >= 4 is 10.8 Å². The molecule has 2 aromatic carbocycles. The number of pyridine rings is 1. The summed E-state index contributed by atoms with van der Waals surface area (Å²) in [5.74, 6) is 0.675. The molecular weight excluding hydrogens is 302 g/mol. The second kappa shape index (κ2) is 7.39. The summed E-state index contributed by atoms with van der Waals surface area (Å²) in [6.07, 6.45) is 5.49. The minimum absolute atomic E-state index is 0.165. The number of hydrogen-bond acceptors (Lipinski definition) is 1. The summed E-state index contributed by atoms with van der Waals surface area (Å²) >= 11 is 0. The Balaban J connectivity index is 2.26. The van der Waals surface area contributed by atoms with E-state index >= 15 is 0 Å². The molecule has 0 bridgehead atoms. The van der Waals surface area contributed by atoms with Crippen molar-refractivity contribution < 1.29 is 0 Å². The fourth-order valence-corrected chi connectivity index (χ4v) is 4.41. The Bertz CT molecular complexity index is 842. The van der Waals surface area contributed by atoms with E-state index in [9.17, 15) is 0 Å². The quantitative estimate of drug-likeness (QED) is 0.473. The van der Waals surface area contributed by atoms with Crippen LogP contribution in [0.25, 0.3) is 22.0 Å². The third-order valence-electron chi connectivity index (χ3n) is 6.09. The molecule has 0 spiro atoms. The van der Waals surface area contributed by atoms with E-state index in [0.29, 0.717) is 5.92 Å². The average molecular weight is 332 g/mol. The topological polar surface area (TPSA) is 12.9 Å². The molecule has 1 unspecified atom stereocenters. The summed E-state index contributed by atoms with van der Waals surface area (Å²) in [4.78, 5) is 4.80. The molecule has 0 aliphatic rings. The largest absolute Gasteiger partial charge is 0.256 e. The second-order valence-electron chi connectivity index (χ2n) is 7.21. The molecule has 1 aromatic heterocycles. The lowest BCUT2D eigenvalue weighted by Gasteiger charge is -2.38. The van der Waals surface area contributed by atoms with Crippen molar-refractivity contribution in [2.75, 3.05) is 0 Å². The van der Waals surface area contributed by atoms with Crippen LogP contribution >= 0.6 is 0 Å². The maximum Gasteiger partial charge on any atom is 0.0783 e. The molecule has 3 rings (SSSR count). The highest BCUT2D eigenvalue weighted by Crippen LogP contribution is 2.44. The van der Waals surface area contributed by atoms with Gasteiger partial charge in [0.15, 0.2) is 0 Å². The zero-order valence-corrected chi connectivity index (χ0v) is 15.9. The smallest absolute Gasteiger partial charge is 0.0783 e. The van der Waals surface area contributed by atoms with Crippen molar-refractivity contribution in [1.82, 2.24) is 4.98 Å². The predicted octanol–water partition coefficient (Wildman–Crippen LogP) is 7.01. The molecule has 130 valence electrons. The maximum absolute atomic E-state index is 4.80. The molecule has 0 N–H and O–H groups in total. The number of rotatable bonds is 6. The third kappa shape index (κ3) is 3.08. The second-order valence-corrected chi connectivity index (χ2v) is 7.21. The molecule has 0 aliphatic carbocycles. The number of fused-ring (bicyclic) bond motifs is 1. The molecule has 0 radical (unpaired) electrons. The minimum Gasteiger partial charge on any atom is -0.256 e. The summed E-state index contributed by atoms with van der Waals surface area (Å²) in [5, 5.41) is 2.49. The maximum atomic E-state index is 4.80. The lowest BCUT2D eigenvalue weighted by molar-refractivity contribution is 0.265. The van der Waals surface area contributed by atoms with E-state index in [1.807, 2.05) is 6.20 Å². The average Bonchev–Trinajstić information content (AvgIpc) is 2.68. The van der Waals surface area contributed by atoms with Gasteiger partial charge in [-0.05, 0) is 34.8 Å². The third-order valence-corrected chi connectivity index (χ3v) is 6.09. The SMILES string of the molecule is CCC(CC)C(C)(CC)c1ccccc1-c1nccc2ccccc12. The van der Waals surface area contributed by atoms with E-state index in [0.717, 1.165) is 12.1 Å². The first-order chi connectivity index (χ1) is 12.2. The van der Waals surface area contributed by atoms with E-state index in [-0.39, 0.29) is 5.41 Å². The van der Waals surface area contributed by atoms with E-state index in [1.54, 1.807) is 0 Å². The van der Waals surface area contributed by atoms with Crippen molar-refractivity contribution in [1.29, 1.82) is 0 Å². The van der Waals surface area contributed by atoms with Gasteiger partial charge in [0, 0.05) is 17.1 Å².